The van der Waals surface area contributed by atoms with Crippen LogP contribution in [0.25, 0.3) is 22.2 Å². The number of benzene rings is 2. The van der Waals surface area contributed by atoms with Crippen molar-refractivity contribution in [3.8, 4) is 11.3 Å². The third-order valence-electron chi connectivity index (χ3n) is 6.04. The number of halogens is 3. The van der Waals surface area contributed by atoms with Gasteiger partial charge >= 0.3 is 0 Å². The molecule has 30 heavy (non-hydrogen) atoms. The van der Waals surface area contributed by atoms with Gasteiger partial charge in [-0.05, 0) is 81.2 Å². The Morgan fingerprint density at radius 1 is 1.10 bits per heavy atom. The highest BCUT2D eigenvalue weighted by molar-refractivity contribution is 5.92. The highest BCUT2D eigenvalue weighted by Crippen LogP contribution is 2.45. The molecule has 1 aromatic heterocycles. The lowest BCUT2D eigenvalue weighted by atomic mass is 9.74. The van der Waals surface area contributed by atoms with Gasteiger partial charge in [-0.1, -0.05) is 0 Å². The van der Waals surface area contributed by atoms with Crippen LogP contribution in [-0.2, 0) is 4.79 Å². The van der Waals surface area contributed by atoms with Crippen LogP contribution in [0, 0.1) is 17.5 Å². The van der Waals surface area contributed by atoms with Crippen LogP contribution in [0.3, 0.4) is 0 Å². The monoisotopic (exact) mass is 415 g/mol. The average Bonchev–Trinajstić information content (AvgIpc) is 3.03. The first kappa shape index (κ1) is 20.5. The molecule has 0 radical (unpaired) electrons. The second-order valence-electron chi connectivity index (χ2n) is 8.24. The van der Waals surface area contributed by atoms with E-state index in [4.69, 9.17) is 0 Å². The summed E-state index contributed by atoms with van der Waals surface area (Å²) in [6, 6.07) is 7.87. The highest BCUT2D eigenvalue weighted by Gasteiger charge is 2.36. The first-order valence-corrected chi connectivity index (χ1v) is 9.98. The smallest absolute Gasteiger partial charge is 0.237 e. The van der Waals surface area contributed by atoms with Crippen LogP contribution in [-0.4, -0.2) is 42.0 Å². The molecule has 1 heterocycles. The first-order valence-electron chi connectivity index (χ1n) is 9.98. The molecule has 0 saturated heterocycles. The van der Waals surface area contributed by atoms with E-state index in [2.05, 4.69) is 10.3 Å². The molecule has 3 aromatic rings. The second-order valence-corrected chi connectivity index (χ2v) is 8.24. The fourth-order valence-corrected chi connectivity index (χ4v) is 4.04. The largest absolute Gasteiger partial charge is 0.352 e. The number of hydrogen-bond acceptors (Lipinski definition) is 2. The fraction of sp³-hybridized carbons (Fsp3) is 0.348. The summed E-state index contributed by atoms with van der Waals surface area (Å²) in [6.45, 7) is 1.84. The van der Waals surface area contributed by atoms with Crippen LogP contribution < -0.4 is 5.32 Å². The number of rotatable bonds is 5. The van der Waals surface area contributed by atoms with Crippen molar-refractivity contribution in [2.75, 3.05) is 14.1 Å². The molecule has 7 heteroatoms. The van der Waals surface area contributed by atoms with E-state index in [0.29, 0.717) is 29.5 Å². The molecule has 1 saturated carbocycles. The number of H-pyrrole nitrogens is 1. The van der Waals surface area contributed by atoms with Gasteiger partial charge in [-0.2, -0.15) is 0 Å². The van der Waals surface area contributed by atoms with E-state index in [9.17, 15) is 18.0 Å². The predicted octanol–water partition coefficient (Wildman–Crippen LogP) is 4.56. The fourth-order valence-electron chi connectivity index (χ4n) is 4.04. The summed E-state index contributed by atoms with van der Waals surface area (Å²) < 4.78 is 41.8. The lowest BCUT2D eigenvalue weighted by Gasteiger charge is -2.37. The molecule has 1 aliphatic rings. The Balaban J connectivity index is 1.66. The molecule has 0 spiro atoms. The van der Waals surface area contributed by atoms with Crippen LogP contribution in [0.1, 0.15) is 31.2 Å². The molecule has 158 valence electrons. The van der Waals surface area contributed by atoms with E-state index in [1.54, 1.807) is 12.1 Å². The minimum Gasteiger partial charge on any atom is -0.352 e. The number of carbonyl (C=O) groups excluding carboxylic acids is 1. The molecule has 1 atom stereocenters. The highest BCUT2D eigenvalue weighted by atomic mass is 19.1. The Kier molecular flexibility index (Phi) is 5.32. The van der Waals surface area contributed by atoms with Gasteiger partial charge in [0.2, 0.25) is 5.91 Å². The van der Waals surface area contributed by atoms with Gasteiger partial charge in [-0.15, -0.1) is 0 Å². The predicted molar refractivity (Wildman–Crippen MR) is 111 cm³/mol. The quantitative estimate of drug-likeness (QED) is 0.642. The molecule has 1 amide bonds. The Bertz CT molecular complexity index is 1090. The zero-order chi connectivity index (χ0) is 21.6. The summed E-state index contributed by atoms with van der Waals surface area (Å²) in [5.74, 6) is -1.69. The van der Waals surface area contributed by atoms with Crippen molar-refractivity contribution in [2.24, 2.45) is 0 Å². The van der Waals surface area contributed by atoms with Crippen LogP contribution in [0.5, 0.6) is 0 Å². The molecule has 1 fully saturated rings. The van der Waals surface area contributed by atoms with E-state index >= 15 is 0 Å². The molecule has 4 rings (SSSR count). The number of carbonyl (C=O) groups is 1. The maximum absolute atomic E-state index is 14.4. The van der Waals surface area contributed by atoms with Crippen molar-refractivity contribution < 1.29 is 18.0 Å². The zero-order valence-electron chi connectivity index (χ0n) is 17.1. The van der Waals surface area contributed by atoms with Gasteiger partial charge in [0.15, 0.2) is 0 Å². The third-order valence-corrected chi connectivity index (χ3v) is 6.04. The number of hydrogen-bond donors (Lipinski definition) is 2. The standard InChI is InChI=1S/C23H24F3N3O/c1-12(29(2)3)23(30)27-17-8-14(9-17)20-18-10-16(25)11-19(26)22(18)28-21(20)13-4-6-15(24)7-5-13/h4-7,10-12,14,17,28H,8-9H2,1-3H3,(H,27,30)/t12?,14-,17-. The number of aromatic nitrogens is 1. The minimum atomic E-state index is -0.663. The molecular weight excluding hydrogens is 391 g/mol. The van der Waals surface area contributed by atoms with E-state index in [1.807, 2.05) is 25.9 Å². The molecule has 2 aromatic carbocycles. The van der Waals surface area contributed by atoms with Gasteiger partial charge < -0.3 is 10.3 Å². The normalized spacial score (nSPS) is 19.7. The summed E-state index contributed by atoms with van der Waals surface area (Å²) >= 11 is 0. The lowest BCUT2D eigenvalue weighted by Crippen LogP contribution is -2.49. The summed E-state index contributed by atoms with van der Waals surface area (Å²) in [4.78, 5) is 17.2. The van der Waals surface area contributed by atoms with E-state index in [1.165, 1.54) is 18.2 Å². The van der Waals surface area contributed by atoms with Crippen LogP contribution >= 0.6 is 0 Å². The van der Waals surface area contributed by atoms with Crippen molar-refractivity contribution in [1.29, 1.82) is 0 Å². The summed E-state index contributed by atoms with van der Waals surface area (Å²) in [7, 11) is 3.69. The third kappa shape index (κ3) is 3.69. The van der Waals surface area contributed by atoms with E-state index < -0.39 is 11.6 Å². The number of nitrogens with zero attached hydrogens (tertiary/aromatic N) is 1. The van der Waals surface area contributed by atoms with Crippen molar-refractivity contribution in [3.63, 3.8) is 0 Å². The maximum atomic E-state index is 14.4. The van der Waals surface area contributed by atoms with Crippen LogP contribution in [0.2, 0.25) is 0 Å². The Labute approximate surface area is 173 Å². The summed E-state index contributed by atoms with van der Waals surface area (Å²) in [6.07, 6.45) is 1.34. The number of nitrogens with one attached hydrogen (secondary N) is 2. The Hall–Kier alpha value is -2.80. The molecule has 0 bridgehead atoms. The molecule has 1 aliphatic carbocycles. The second kappa shape index (κ2) is 7.80. The van der Waals surface area contributed by atoms with Crippen LogP contribution in [0.4, 0.5) is 13.2 Å². The van der Waals surface area contributed by atoms with Crippen molar-refractivity contribution in [2.45, 2.75) is 37.8 Å². The van der Waals surface area contributed by atoms with Crippen molar-refractivity contribution in [3.05, 3.63) is 59.4 Å². The summed E-state index contributed by atoms with van der Waals surface area (Å²) in [5.41, 5.74) is 2.41. The number of amides is 1. The Morgan fingerprint density at radius 2 is 1.77 bits per heavy atom. The minimum absolute atomic E-state index is 0.00863. The van der Waals surface area contributed by atoms with Gasteiger partial charge in [-0.3, -0.25) is 9.69 Å². The number of likely N-dealkylation sites (N-methyl/N-ethyl adjacent to an activating group) is 1. The van der Waals surface area contributed by atoms with Gasteiger partial charge in [0, 0.05) is 17.5 Å². The Morgan fingerprint density at radius 3 is 2.40 bits per heavy atom. The van der Waals surface area contributed by atoms with Gasteiger partial charge in [-0.25, -0.2) is 13.2 Å². The molecule has 2 N–H and O–H groups in total. The number of fused-ring (bicyclic) bond motifs is 1. The van der Waals surface area contributed by atoms with Crippen LogP contribution in [0.15, 0.2) is 36.4 Å². The van der Waals surface area contributed by atoms with Gasteiger partial charge in [0.25, 0.3) is 0 Å². The maximum Gasteiger partial charge on any atom is 0.237 e. The SMILES string of the molecule is CC(C(=O)N[C@H]1C[C@H](c2c(-c3ccc(F)cc3)[nH]c3c(F)cc(F)cc32)C1)N(C)C. The van der Waals surface area contributed by atoms with E-state index in [0.717, 1.165) is 11.6 Å². The van der Waals surface area contributed by atoms with Gasteiger partial charge in [0.05, 0.1) is 17.3 Å². The van der Waals surface area contributed by atoms with Crippen molar-refractivity contribution >= 4 is 16.8 Å². The van der Waals surface area contributed by atoms with Gasteiger partial charge in [0.1, 0.15) is 17.5 Å². The van der Waals surface area contributed by atoms with Crippen molar-refractivity contribution in [1.82, 2.24) is 15.2 Å². The first-order chi connectivity index (χ1) is 14.2. The molecule has 1 unspecified atom stereocenters. The molecule has 0 aliphatic heterocycles. The lowest BCUT2D eigenvalue weighted by molar-refractivity contribution is -0.126. The number of aromatic amines is 1. The van der Waals surface area contributed by atoms with E-state index in [-0.39, 0.29) is 35.2 Å². The molecule has 4 nitrogen and oxygen atoms in total. The molecular formula is C23H24F3N3O. The summed E-state index contributed by atoms with van der Waals surface area (Å²) in [5, 5.41) is 3.53. The average molecular weight is 415 g/mol. The topological polar surface area (TPSA) is 48.1 Å². The zero-order valence-corrected chi connectivity index (χ0v) is 17.1.